The zero-order chi connectivity index (χ0) is 15.1. The van der Waals surface area contributed by atoms with Gasteiger partial charge in [-0.05, 0) is 50.2 Å². The van der Waals surface area contributed by atoms with Gasteiger partial charge in [0.1, 0.15) is 5.75 Å². The van der Waals surface area contributed by atoms with Gasteiger partial charge in [-0.1, -0.05) is 30.7 Å². The summed E-state index contributed by atoms with van der Waals surface area (Å²) in [4.78, 5) is 11.9. The highest BCUT2D eigenvalue weighted by Gasteiger charge is 2.19. The molecule has 0 heterocycles. The smallest absolute Gasteiger partial charge is 0.220 e. The predicted molar refractivity (Wildman–Crippen MR) is 85.7 cm³/mol. The molecule has 1 amide bonds. The van der Waals surface area contributed by atoms with Gasteiger partial charge < -0.3 is 10.1 Å². The van der Waals surface area contributed by atoms with E-state index in [2.05, 4.69) is 12.2 Å². The van der Waals surface area contributed by atoms with E-state index < -0.39 is 0 Å². The maximum absolute atomic E-state index is 11.9. The number of para-hydroxylation sites is 1. The van der Waals surface area contributed by atoms with Gasteiger partial charge in [-0.2, -0.15) is 0 Å². The highest BCUT2D eigenvalue weighted by atomic mass is 35.5. The number of halogens is 1. The van der Waals surface area contributed by atoms with Crippen LogP contribution in [0.5, 0.6) is 5.75 Å². The first-order chi connectivity index (χ1) is 10.1. The van der Waals surface area contributed by atoms with Crippen molar-refractivity contribution in [3.8, 4) is 5.75 Å². The molecule has 1 aliphatic rings. The van der Waals surface area contributed by atoms with E-state index in [1.807, 2.05) is 18.2 Å². The third-order valence-electron chi connectivity index (χ3n) is 4.02. The fourth-order valence-corrected chi connectivity index (χ4v) is 2.87. The van der Waals surface area contributed by atoms with Gasteiger partial charge >= 0.3 is 0 Å². The van der Waals surface area contributed by atoms with E-state index >= 15 is 0 Å². The number of benzene rings is 1. The molecule has 0 saturated heterocycles. The summed E-state index contributed by atoms with van der Waals surface area (Å²) in [6.07, 6.45) is 5.89. The maximum Gasteiger partial charge on any atom is 0.220 e. The van der Waals surface area contributed by atoms with Crippen molar-refractivity contribution in [2.45, 2.75) is 51.5 Å². The topological polar surface area (TPSA) is 38.3 Å². The number of ether oxygens (including phenoxy) is 1. The molecule has 0 bridgehead atoms. The molecule has 0 aliphatic heterocycles. The molecule has 1 aromatic carbocycles. The molecule has 0 spiro atoms. The Morgan fingerprint density at radius 3 is 2.71 bits per heavy atom. The second kappa shape index (κ2) is 8.28. The average Bonchev–Trinajstić information content (AvgIpc) is 2.48. The summed E-state index contributed by atoms with van der Waals surface area (Å²) in [7, 11) is 0. The van der Waals surface area contributed by atoms with Crippen molar-refractivity contribution in [2.24, 2.45) is 5.92 Å². The van der Waals surface area contributed by atoms with E-state index in [1.54, 1.807) is 6.07 Å². The minimum atomic E-state index is 0.136. The molecule has 4 heteroatoms. The number of amides is 1. The lowest BCUT2D eigenvalue weighted by Crippen LogP contribution is -2.37. The van der Waals surface area contributed by atoms with Gasteiger partial charge in [-0.3, -0.25) is 4.79 Å². The number of nitrogens with one attached hydrogen (secondary N) is 1. The highest BCUT2D eigenvalue weighted by molar-refractivity contribution is 6.32. The fraction of sp³-hybridized carbons (Fsp3) is 0.588. The predicted octanol–water partition coefficient (Wildman–Crippen LogP) is 4.19. The Bertz CT molecular complexity index is 456. The quantitative estimate of drug-likeness (QED) is 0.800. The Balaban J connectivity index is 1.60. The number of hydrogen-bond acceptors (Lipinski definition) is 2. The van der Waals surface area contributed by atoms with E-state index in [1.165, 1.54) is 12.8 Å². The summed E-state index contributed by atoms with van der Waals surface area (Å²) >= 11 is 6.00. The van der Waals surface area contributed by atoms with Crippen LogP contribution in [0.25, 0.3) is 0 Å². The lowest BCUT2D eigenvalue weighted by molar-refractivity contribution is -0.122. The fourth-order valence-electron chi connectivity index (χ4n) is 2.68. The van der Waals surface area contributed by atoms with Gasteiger partial charge in [-0.25, -0.2) is 0 Å². The van der Waals surface area contributed by atoms with Crippen molar-refractivity contribution in [1.29, 1.82) is 0 Å². The van der Waals surface area contributed by atoms with Crippen LogP contribution in [-0.4, -0.2) is 18.6 Å². The first kappa shape index (κ1) is 16.2. The third kappa shape index (κ3) is 5.58. The molecule has 1 N–H and O–H groups in total. The van der Waals surface area contributed by atoms with E-state index in [0.717, 1.165) is 18.8 Å². The molecule has 0 radical (unpaired) electrons. The number of rotatable bonds is 6. The van der Waals surface area contributed by atoms with E-state index in [0.29, 0.717) is 36.3 Å². The second-order valence-corrected chi connectivity index (χ2v) is 6.31. The normalized spacial score (nSPS) is 21.8. The lowest BCUT2D eigenvalue weighted by atomic mass is 9.87. The Kier molecular flexibility index (Phi) is 6.37. The van der Waals surface area contributed by atoms with Crippen LogP contribution in [0.2, 0.25) is 5.02 Å². The summed E-state index contributed by atoms with van der Waals surface area (Å²) in [5.41, 5.74) is 0. The SMILES string of the molecule is CC1CCC(NC(=O)CCCOc2ccccc2Cl)CC1. The minimum absolute atomic E-state index is 0.136. The first-order valence-corrected chi connectivity index (χ1v) is 8.19. The molecular formula is C17H24ClNO2. The molecule has 2 rings (SSSR count). The molecule has 0 atom stereocenters. The molecular weight excluding hydrogens is 286 g/mol. The maximum atomic E-state index is 11.9. The van der Waals surface area contributed by atoms with Crippen molar-refractivity contribution in [1.82, 2.24) is 5.32 Å². The molecule has 1 fully saturated rings. The van der Waals surface area contributed by atoms with E-state index in [9.17, 15) is 4.79 Å². The summed E-state index contributed by atoms with van der Waals surface area (Å²) in [6, 6.07) is 7.77. The van der Waals surface area contributed by atoms with Crippen LogP contribution in [0.1, 0.15) is 45.4 Å². The largest absolute Gasteiger partial charge is 0.492 e. The Labute approximate surface area is 132 Å². The Hall–Kier alpha value is -1.22. The molecule has 0 aromatic heterocycles. The zero-order valence-electron chi connectivity index (χ0n) is 12.6. The van der Waals surface area contributed by atoms with Crippen molar-refractivity contribution in [3.05, 3.63) is 29.3 Å². The van der Waals surface area contributed by atoms with Crippen LogP contribution in [-0.2, 0) is 4.79 Å². The molecule has 3 nitrogen and oxygen atoms in total. The van der Waals surface area contributed by atoms with Gasteiger partial charge in [0.25, 0.3) is 0 Å². The van der Waals surface area contributed by atoms with Crippen LogP contribution < -0.4 is 10.1 Å². The average molecular weight is 310 g/mol. The van der Waals surface area contributed by atoms with Crippen LogP contribution in [0.4, 0.5) is 0 Å². The Morgan fingerprint density at radius 1 is 1.29 bits per heavy atom. The Morgan fingerprint density at radius 2 is 2.00 bits per heavy atom. The molecule has 1 aromatic rings. The molecule has 0 unspecified atom stereocenters. The minimum Gasteiger partial charge on any atom is -0.492 e. The second-order valence-electron chi connectivity index (χ2n) is 5.91. The monoisotopic (exact) mass is 309 g/mol. The van der Waals surface area contributed by atoms with Crippen LogP contribution >= 0.6 is 11.6 Å². The van der Waals surface area contributed by atoms with E-state index in [-0.39, 0.29) is 5.91 Å². The molecule has 1 saturated carbocycles. The zero-order valence-corrected chi connectivity index (χ0v) is 13.4. The molecule has 116 valence electrons. The number of carbonyl (C=O) groups excluding carboxylic acids is 1. The lowest BCUT2D eigenvalue weighted by Gasteiger charge is -2.26. The van der Waals surface area contributed by atoms with Gasteiger partial charge in [0.2, 0.25) is 5.91 Å². The van der Waals surface area contributed by atoms with Crippen LogP contribution in [0.3, 0.4) is 0 Å². The molecule has 1 aliphatic carbocycles. The summed E-state index contributed by atoms with van der Waals surface area (Å²) in [6.45, 7) is 2.79. The van der Waals surface area contributed by atoms with Gasteiger partial charge in [0, 0.05) is 12.5 Å². The van der Waals surface area contributed by atoms with Gasteiger partial charge in [-0.15, -0.1) is 0 Å². The standard InChI is InChI=1S/C17H24ClNO2/c1-13-8-10-14(11-9-13)19-17(20)7-4-12-21-16-6-3-2-5-15(16)18/h2-3,5-6,13-14H,4,7-12H2,1H3,(H,19,20). The summed E-state index contributed by atoms with van der Waals surface area (Å²) in [5, 5.41) is 3.74. The van der Waals surface area contributed by atoms with Gasteiger partial charge in [0.15, 0.2) is 0 Å². The molecule has 21 heavy (non-hydrogen) atoms. The van der Waals surface area contributed by atoms with Crippen LogP contribution in [0, 0.1) is 5.92 Å². The van der Waals surface area contributed by atoms with Crippen molar-refractivity contribution in [3.63, 3.8) is 0 Å². The summed E-state index contributed by atoms with van der Waals surface area (Å²) < 4.78 is 5.58. The van der Waals surface area contributed by atoms with Crippen molar-refractivity contribution >= 4 is 17.5 Å². The van der Waals surface area contributed by atoms with Crippen LogP contribution in [0.15, 0.2) is 24.3 Å². The third-order valence-corrected chi connectivity index (χ3v) is 4.34. The van der Waals surface area contributed by atoms with Gasteiger partial charge in [0.05, 0.1) is 11.6 Å². The number of hydrogen-bond donors (Lipinski definition) is 1. The van der Waals surface area contributed by atoms with Crippen molar-refractivity contribution < 1.29 is 9.53 Å². The summed E-state index contributed by atoms with van der Waals surface area (Å²) in [5.74, 6) is 1.63. The first-order valence-electron chi connectivity index (χ1n) is 7.82. The van der Waals surface area contributed by atoms with E-state index in [4.69, 9.17) is 16.3 Å². The number of carbonyl (C=O) groups is 1. The van der Waals surface area contributed by atoms with Crippen molar-refractivity contribution in [2.75, 3.05) is 6.61 Å². The highest BCUT2D eigenvalue weighted by Crippen LogP contribution is 2.24.